The number of benzene rings is 2. The van der Waals surface area contributed by atoms with E-state index in [1.165, 1.54) is 4.68 Å². The molecule has 3 rings (SSSR count). The smallest absolute Gasteiger partial charge is 0.343 e. The van der Waals surface area contributed by atoms with Gasteiger partial charge in [0, 0.05) is 12.7 Å². The number of H-pyrrole nitrogens is 1. The van der Waals surface area contributed by atoms with Gasteiger partial charge in [0.1, 0.15) is 0 Å². The highest BCUT2D eigenvalue weighted by Gasteiger charge is 2.09. The molecule has 0 fully saturated rings. The third kappa shape index (κ3) is 3.40. The van der Waals surface area contributed by atoms with E-state index in [-0.39, 0.29) is 11.8 Å². The summed E-state index contributed by atoms with van der Waals surface area (Å²) in [7, 11) is 1.68. The fourth-order valence-corrected chi connectivity index (χ4v) is 2.40. The highest BCUT2D eigenvalue weighted by Crippen LogP contribution is 2.20. The number of aromatic amines is 1. The molecule has 0 radical (unpaired) electrons. The van der Waals surface area contributed by atoms with Gasteiger partial charge in [-0.1, -0.05) is 54.6 Å². The molecule has 1 unspecified atom stereocenters. The average molecular weight is 309 g/mol. The predicted molar refractivity (Wildman–Crippen MR) is 89.3 cm³/mol. The molecular formula is C18H19N3O2. The summed E-state index contributed by atoms with van der Waals surface area (Å²) in [6.07, 6.45) is 0.0405. The summed E-state index contributed by atoms with van der Waals surface area (Å²) in [6, 6.07) is 17.6. The molecule has 0 aliphatic rings. The Balaban J connectivity index is 1.84. The van der Waals surface area contributed by atoms with Gasteiger partial charge in [0.2, 0.25) is 0 Å². The van der Waals surface area contributed by atoms with Gasteiger partial charge in [-0.05, 0) is 18.1 Å². The molecule has 0 saturated heterocycles. The Bertz CT molecular complexity index is 819. The van der Waals surface area contributed by atoms with E-state index in [0.29, 0.717) is 12.4 Å². The second-order valence-electron chi connectivity index (χ2n) is 5.42. The van der Waals surface area contributed by atoms with Crippen LogP contribution in [0.2, 0.25) is 0 Å². The summed E-state index contributed by atoms with van der Waals surface area (Å²) in [5, 5.41) is 4.39. The summed E-state index contributed by atoms with van der Waals surface area (Å²) in [5.74, 6) is 0.572. The minimum absolute atomic E-state index is 0.0405. The van der Waals surface area contributed by atoms with Gasteiger partial charge in [0.15, 0.2) is 5.82 Å². The molecule has 118 valence electrons. The van der Waals surface area contributed by atoms with Crippen molar-refractivity contribution in [1.82, 2.24) is 14.8 Å². The van der Waals surface area contributed by atoms with Crippen LogP contribution in [0.5, 0.6) is 0 Å². The van der Waals surface area contributed by atoms with Crippen LogP contribution in [-0.4, -0.2) is 21.9 Å². The van der Waals surface area contributed by atoms with Crippen molar-refractivity contribution in [2.75, 3.05) is 7.11 Å². The van der Waals surface area contributed by atoms with Crippen LogP contribution in [0, 0.1) is 0 Å². The van der Waals surface area contributed by atoms with E-state index in [1.54, 1.807) is 7.11 Å². The summed E-state index contributed by atoms with van der Waals surface area (Å²) < 4.78 is 6.73. The van der Waals surface area contributed by atoms with Crippen molar-refractivity contribution < 1.29 is 4.74 Å². The molecule has 1 heterocycles. The Kier molecular flexibility index (Phi) is 4.39. The molecule has 5 nitrogen and oxygen atoms in total. The maximum Gasteiger partial charge on any atom is 0.343 e. The lowest BCUT2D eigenvalue weighted by Crippen LogP contribution is -2.18. The molecule has 0 amide bonds. The minimum atomic E-state index is -0.210. The zero-order valence-electron chi connectivity index (χ0n) is 13.2. The molecule has 1 atom stereocenters. The van der Waals surface area contributed by atoms with Crippen LogP contribution in [0.1, 0.15) is 24.2 Å². The number of hydrogen-bond donors (Lipinski definition) is 1. The van der Waals surface area contributed by atoms with Crippen LogP contribution in [0.25, 0.3) is 11.4 Å². The number of hydrogen-bond acceptors (Lipinski definition) is 3. The van der Waals surface area contributed by atoms with Gasteiger partial charge in [-0.2, -0.15) is 0 Å². The first-order valence-electron chi connectivity index (χ1n) is 7.51. The van der Waals surface area contributed by atoms with E-state index in [9.17, 15) is 4.79 Å². The van der Waals surface area contributed by atoms with Gasteiger partial charge >= 0.3 is 5.69 Å². The first kappa shape index (κ1) is 15.2. The van der Waals surface area contributed by atoms with Crippen LogP contribution >= 0.6 is 0 Å². The number of methoxy groups -OCH3 is 1. The number of aromatic nitrogens is 3. The number of nitrogens with one attached hydrogen (secondary N) is 1. The monoisotopic (exact) mass is 309 g/mol. The van der Waals surface area contributed by atoms with Crippen molar-refractivity contribution in [3.05, 3.63) is 76.2 Å². The van der Waals surface area contributed by atoms with E-state index in [0.717, 1.165) is 16.7 Å². The molecule has 1 N–H and O–H groups in total. The van der Waals surface area contributed by atoms with Crippen LogP contribution in [0.15, 0.2) is 59.4 Å². The van der Waals surface area contributed by atoms with Crippen LogP contribution < -0.4 is 5.69 Å². The Morgan fingerprint density at radius 3 is 2.48 bits per heavy atom. The standard InChI is InChI=1S/C18H19N3O2/c1-13(23-2)15-8-10-16(11-9-15)17-19-18(22)21(20-17)12-14-6-4-3-5-7-14/h3-11,13H,12H2,1-2H3,(H,19,20,22). The van der Waals surface area contributed by atoms with Crippen molar-refractivity contribution in [2.24, 2.45) is 0 Å². The zero-order chi connectivity index (χ0) is 16.2. The van der Waals surface area contributed by atoms with E-state index in [4.69, 9.17) is 4.74 Å². The average Bonchev–Trinajstić information content (AvgIpc) is 2.96. The van der Waals surface area contributed by atoms with Gasteiger partial charge in [-0.3, -0.25) is 4.98 Å². The Hall–Kier alpha value is -2.66. The third-order valence-electron chi connectivity index (χ3n) is 3.86. The van der Waals surface area contributed by atoms with Gasteiger partial charge in [0.25, 0.3) is 0 Å². The third-order valence-corrected chi connectivity index (χ3v) is 3.86. The highest BCUT2D eigenvalue weighted by molar-refractivity contribution is 5.54. The summed E-state index contributed by atoms with van der Waals surface area (Å²) in [6.45, 7) is 2.44. The van der Waals surface area contributed by atoms with Crippen molar-refractivity contribution in [3.63, 3.8) is 0 Å². The number of nitrogens with zero attached hydrogens (tertiary/aromatic N) is 2. The fourth-order valence-electron chi connectivity index (χ4n) is 2.40. The van der Waals surface area contributed by atoms with Crippen LogP contribution in [-0.2, 0) is 11.3 Å². The molecule has 0 saturated carbocycles. The van der Waals surface area contributed by atoms with E-state index in [1.807, 2.05) is 61.5 Å². The zero-order valence-corrected chi connectivity index (χ0v) is 13.2. The fraction of sp³-hybridized carbons (Fsp3) is 0.222. The lowest BCUT2D eigenvalue weighted by Gasteiger charge is -2.09. The van der Waals surface area contributed by atoms with Crippen molar-refractivity contribution in [3.8, 4) is 11.4 Å². The maximum atomic E-state index is 12.1. The summed E-state index contributed by atoms with van der Waals surface area (Å²) in [4.78, 5) is 14.9. The molecule has 3 aromatic rings. The SMILES string of the molecule is COC(C)c1ccc(-c2nn(Cc3ccccc3)c(=O)[nH]2)cc1. The lowest BCUT2D eigenvalue weighted by molar-refractivity contribution is 0.119. The largest absolute Gasteiger partial charge is 0.377 e. The lowest BCUT2D eigenvalue weighted by atomic mass is 10.1. The molecular weight excluding hydrogens is 290 g/mol. The first-order chi connectivity index (χ1) is 11.2. The quantitative estimate of drug-likeness (QED) is 0.788. The molecule has 23 heavy (non-hydrogen) atoms. The molecule has 1 aromatic heterocycles. The van der Waals surface area contributed by atoms with Gasteiger partial charge in [0.05, 0.1) is 12.6 Å². The van der Waals surface area contributed by atoms with E-state index < -0.39 is 0 Å². The van der Waals surface area contributed by atoms with Gasteiger partial charge in [-0.15, -0.1) is 5.10 Å². The molecule has 0 aliphatic heterocycles. The molecule has 5 heteroatoms. The predicted octanol–water partition coefficient (Wildman–Crippen LogP) is 2.99. The van der Waals surface area contributed by atoms with Crippen molar-refractivity contribution in [2.45, 2.75) is 19.6 Å². The molecule has 0 aliphatic carbocycles. The molecule has 2 aromatic carbocycles. The maximum absolute atomic E-state index is 12.1. The van der Waals surface area contributed by atoms with Crippen LogP contribution in [0.3, 0.4) is 0 Å². The molecule has 0 bridgehead atoms. The Labute approximate surface area is 134 Å². The normalized spacial score (nSPS) is 12.3. The number of ether oxygens (including phenoxy) is 1. The van der Waals surface area contributed by atoms with Gasteiger partial charge in [-0.25, -0.2) is 9.48 Å². The van der Waals surface area contributed by atoms with Gasteiger partial charge < -0.3 is 4.74 Å². The second kappa shape index (κ2) is 6.62. The summed E-state index contributed by atoms with van der Waals surface area (Å²) >= 11 is 0. The number of rotatable bonds is 5. The van der Waals surface area contributed by atoms with Crippen molar-refractivity contribution >= 4 is 0 Å². The second-order valence-corrected chi connectivity index (χ2v) is 5.42. The minimum Gasteiger partial charge on any atom is -0.377 e. The summed E-state index contributed by atoms with van der Waals surface area (Å²) in [5.41, 5.74) is 2.79. The first-order valence-corrected chi connectivity index (χ1v) is 7.51. The van der Waals surface area contributed by atoms with Crippen molar-refractivity contribution in [1.29, 1.82) is 0 Å². The topological polar surface area (TPSA) is 59.9 Å². The van der Waals surface area contributed by atoms with Crippen LogP contribution in [0.4, 0.5) is 0 Å². The molecule has 0 spiro atoms. The highest BCUT2D eigenvalue weighted by atomic mass is 16.5. The Morgan fingerprint density at radius 1 is 1.13 bits per heavy atom. The van der Waals surface area contributed by atoms with E-state index in [2.05, 4.69) is 10.1 Å². The van der Waals surface area contributed by atoms with E-state index >= 15 is 0 Å². The Morgan fingerprint density at radius 2 is 1.83 bits per heavy atom.